The molecule has 2 saturated heterocycles. The third-order valence-corrected chi connectivity index (χ3v) is 7.59. The number of hydrogen-bond acceptors (Lipinski definition) is 6. The summed E-state index contributed by atoms with van der Waals surface area (Å²) in [7, 11) is -3.47. The molecule has 0 unspecified atom stereocenters. The maximum atomic E-state index is 13.1. The lowest BCUT2D eigenvalue weighted by Gasteiger charge is -2.35. The highest BCUT2D eigenvalue weighted by atomic mass is 32.2. The fourth-order valence-electron chi connectivity index (χ4n) is 3.97. The molecule has 0 N–H and O–H groups in total. The predicted molar refractivity (Wildman–Crippen MR) is 110 cm³/mol. The van der Waals surface area contributed by atoms with Gasteiger partial charge in [0.1, 0.15) is 5.82 Å². The molecule has 4 rings (SSSR count). The van der Waals surface area contributed by atoms with Crippen LogP contribution in [0.2, 0.25) is 0 Å². The molecular formula is C20H27N5O2S. The van der Waals surface area contributed by atoms with Crippen LogP contribution in [0.4, 0.5) is 11.8 Å². The average molecular weight is 402 g/mol. The molecule has 0 aliphatic carbocycles. The highest BCUT2D eigenvalue weighted by Crippen LogP contribution is 2.24. The summed E-state index contributed by atoms with van der Waals surface area (Å²) in [5, 5.41) is 0. The molecule has 150 valence electrons. The Hall–Kier alpha value is -2.19. The van der Waals surface area contributed by atoms with Gasteiger partial charge >= 0.3 is 0 Å². The summed E-state index contributed by atoms with van der Waals surface area (Å²) in [5.41, 5.74) is 1.87. The summed E-state index contributed by atoms with van der Waals surface area (Å²) in [5.74, 6) is 1.65. The van der Waals surface area contributed by atoms with Gasteiger partial charge in [-0.3, -0.25) is 0 Å². The lowest BCUT2D eigenvalue weighted by Crippen LogP contribution is -2.49. The maximum Gasteiger partial charge on any atom is 0.243 e. The Kier molecular flexibility index (Phi) is 5.25. The van der Waals surface area contributed by atoms with Crippen LogP contribution in [-0.4, -0.2) is 62.0 Å². The summed E-state index contributed by atoms with van der Waals surface area (Å²) >= 11 is 0. The lowest BCUT2D eigenvalue weighted by molar-refractivity contribution is 0.383. The Labute approximate surface area is 167 Å². The predicted octanol–water partition coefficient (Wildman–Crippen LogP) is 2.20. The number of rotatable bonds is 4. The maximum absolute atomic E-state index is 13.1. The van der Waals surface area contributed by atoms with Gasteiger partial charge in [-0.2, -0.15) is 9.29 Å². The van der Waals surface area contributed by atoms with E-state index in [-0.39, 0.29) is 0 Å². The van der Waals surface area contributed by atoms with Crippen LogP contribution >= 0.6 is 0 Å². The Morgan fingerprint density at radius 3 is 2.29 bits per heavy atom. The van der Waals surface area contributed by atoms with Crippen molar-refractivity contribution in [2.75, 3.05) is 49.1 Å². The van der Waals surface area contributed by atoms with Gasteiger partial charge in [-0.05, 0) is 44.4 Å². The number of benzene rings is 1. The number of aryl methyl sites for hydroxylation is 2. The topological polar surface area (TPSA) is 69.6 Å². The molecule has 1 aromatic heterocycles. The molecule has 0 radical (unpaired) electrons. The summed E-state index contributed by atoms with van der Waals surface area (Å²) in [4.78, 5) is 13.9. The highest BCUT2D eigenvalue weighted by molar-refractivity contribution is 7.89. The van der Waals surface area contributed by atoms with E-state index in [4.69, 9.17) is 4.98 Å². The second kappa shape index (κ2) is 7.67. The quantitative estimate of drug-likeness (QED) is 0.782. The van der Waals surface area contributed by atoms with Crippen LogP contribution in [-0.2, 0) is 10.0 Å². The van der Waals surface area contributed by atoms with Crippen molar-refractivity contribution >= 4 is 21.8 Å². The highest BCUT2D eigenvalue weighted by Gasteiger charge is 2.30. The number of piperazine rings is 1. The fourth-order valence-corrected chi connectivity index (χ4v) is 5.60. The minimum Gasteiger partial charge on any atom is -0.354 e. The van der Waals surface area contributed by atoms with Crippen molar-refractivity contribution in [2.24, 2.45) is 0 Å². The summed E-state index contributed by atoms with van der Waals surface area (Å²) in [6.45, 7) is 8.01. The van der Waals surface area contributed by atoms with E-state index < -0.39 is 10.0 Å². The molecule has 0 bridgehead atoms. The first-order valence-corrected chi connectivity index (χ1v) is 11.3. The van der Waals surface area contributed by atoms with Crippen LogP contribution in [0.1, 0.15) is 24.0 Å². The van der Waals surface area contributed by atoms with Crippen molar-refractivity contribution < 1.29 is 8.42 Å². The van der Waals surface area contributed by atoms with E-state index in [1.165, 1.54) is 12.8 Å². The van der Waals surface area contributed by atoms with E-state index in [2.05, 4.69) is 14.8 Å². The molecule has 2 fully saturated rings. The van der Waals surface area contributed by atoms with E-state index in [0.717, 1.165) is 36.0 Å². The number of anilines is 2. The van der Waals surface area contributed by atoms with Crippen molar-refractivity contribution in [1.29, 1.82) is 0 Å². The second-order valence-corrected chi connectivity index (χ2v) is 9.48. The molecule has 3 heterocycles. The first-order chi connectivity index (χ1) is 13.4. The van der Waals surface area contributed by atoms with Crippen molar-refractivity contribution in [3.8, 4) is 0 Å². The SMILES string of the molecule is Cc1ccc(S(=O)(=O)N2CCN(c3ccnc(N4CCCC4)n3)CC2)c(C)c1. The average Bonchev–Trinajstić information content (AvgIpc) is 3.23. The van der Waals surface area contributed by atoms with Gasteiger partial charge in [0, 0.05) is 45.5 Å². The molecule has 2 aliphatic rings. The Bertz CT molecular complexity index is 949. The monoisotopic (exact) mass is 401 g/mol. The largest absolute Gasteiger partial charge is 0.354 e. The summed E-state index contributed by atoms with van der Waals surface area (Å²) in [6.07, 6.45) is 4.17. The van der Waals surface area contributed by atoms with Crippen LogP contribution in [0, 0.1) is 13.8 Å². The van der Waals surface area contributed by atoms with Crippen molar-refractivity contribution in [2.45, 2.75) is 31.6 Å². The minimum atomic E-state index is -3.47. The molecule has 1 aromatic carbocycles. The van der Waals surface area contributed by atoms with Crippen LogP contribution < -0.4 is 9.80 Å². The zero-order valence-electron chi connectivity index (χ0n) is 16.5. The van der Waals surface area contributed by atoms with E-state index in [1.807, 2.05) is 32.0 Å². The van der Waals surface area contributed by atoms with Crippen molar-refractivity contribution in [1.82, 2.24) is 14.3 Å². The van der Waals surface area contributed by atoms with Crippen LogP contribution in [0.3, 0.4) is 0 Å². The molecule has 2 aliphatic heterocycles. The molecule has 0 spiro atoms. The summed E-state index contributed by atoms with van der Waals surface area (Å²) in [6, 6.07) is 7.41. The lowest BCUT2D eigenvalue weighted by atomic mass is 10.2. The molecule has 8 heteroatoms. The van der Waals surface area contributed by atoms with Crippen LogP contribution in [0.15, 0.2) is 35.4 Å². The zero-order valence-corrected chi connectivity index (χ0v) is 17.3. The molecule has 7 nitrogen and oxygen atoms in total. The Morgan fingerprint density at radius 1 is 0.893 bits per heavy atom. The number of sulfonamides is 1. The van der Waals surface area contributed by atoms with Crippen molar-refractivity contribution in [3.63, 3.8) is 0 Å². The Morgan fingerprint density at radius 2 is 1.61 bits per heavy atom. The first kappa shape index (κ1) is 19.1. The summed E-state index contributed by atoms with van der Waals surface area (Å²) < 4.78 is 27.7. The third kappa shape index (κ3) is 3.71. The zero-order chi connectivity index (χ0) is 19.7. The molecule has 0 atom stereocenters. The second-order valence-electron chi connectivity index (χ2n) is 7.57. The number of hydrogen-bond donors (Lipinski definition) is 0. The standard InChI is InChI=1S/C20H27N5O2S/c1-16-5-6-18(17(2)15-16)28(26,27)25-13-11-23(12-14-25)19-7-8-21-20(22-19)24-9-3-4-10-24/h5-8,15H,3-4,9-14H2,1-2H3. The molecule has 28 heavy (non-hydrogen) atoms. The Balaban J connectivity index is 1.46. The van der Waals surface area contributed by atoms with E-state index in [0.29, 0.717) is 31.1 Å². The van der Waals surface area contributed by atoms with Gasteiger partial charge in [0.15, 0.2) is 0 Å². The number of aromatic nitrogens is 2. The van der Waals surface area contributed by atoms with E-state index >= 15 is 0 Å². The van der Waals surface area contributed by atoms with Crippen molar-refractivity contribution in [3.05, 3.63) is 41.6 Å². The van der Waals surface area contributed by atoms with Gasteiger partial charge < -0.3 is 9.80 Å². The molecule has 0 amide bonds. The third-order valence-electron chi connectivity index (χ3n) is 5.53. The van der Waals surface area contributed by atoms with Gasteiger partial charge in [-0.15, -0.1) is 0 Å². The first-order valence-electron chi connectivity index (χ1n) is 9.85. The van der Waals surface area contributed by atoms with Crippen LogP contribution in [0.25, 0.3) is 0 Å². The van der Waals surface area contributed by atoms with Gasteiger partial charge in [0.2, 0.25) is 16.0 Å². The normalized spacial score (nSPS) is 18.6. The molecular weight excluding hydrogens is 374 g/mol. The smallest absolute Gasteiger partial charge is 0.243 e. The van der Waals surface area contributed by atoms with Crippen LogP contribution in [0.5, 0.6) is 0 Å². The molecule has 0 saturated carbocycles. The van der Waals surface area contributed by atoms with E-state index in [9.17, 15) is 8.42 Å². The van der Waals surface area contributed by atoms with Gasteiger partial charge in [0.25, 0.3) is 0 Å². The number of nitrogens with zero attached hydrogens (tertiary/aromatic N) is 5. The molecule has 2 aromatic rings. The van der Waals surface area contributed by atoms with Gasteiger partial charge in [0.05, 0.1) is 4.90 Å². The fraction of sp³-hybridized carbons (Fsp3) is 0.500. The van der Waals surface area contributed by atoms with Gasteiger partial charge in [-0.1, -0.05) is 17.7 Å². The van der Waals surface area contributed by atoms with E-state index in [1.54, 1.807) is 16.6 Å². The minimum absolute atomic E-state index is 0.407. The van der Waals surface area contributed by atoms with Gasteiger partial charge in [-0.25, -0.2) is 13.4 Å².